The van der Waals surface area contributed by atoms with Crippen molar-refractivity contribution in [2.45, 2.75) is 32.6 Å². The Morgan fingerprint density at radius 1 is 1.04 bits per heavy atom. The second kappa shape index (κ2) is 6.20. The van der Waals surface area contributed by atoms with E-state index in [0.717, 1.165) is 64.5 Å². The average Bonchev–Trinajstić information content (AvgIpc) is 3.05. The number of carbonyl (C=O) groups is 1. The van der Waals surface area contributed by atoms with Crippen LogP contribution in [-0.4, -0.2) is 15.9 Å². The largest absolute Gasteiger partial charge is 0.441 e. The van der Waals surface area contributed by atoms with Gasteiger partial charge in [0.2, 0.25) is 0 Å². The number of anilines is 1. The van der Waals surface area contributed by atoms with Crippen LogP contribution >= 0.6 is 0 Å². The standard InChI is InChI=1S/C22H19N3O2/c1-13-23-19-12-14(10-11-20(19)27-13)24-22(26)21-15-6-2-4-8-17(15)25-18-9-5-3-7-16(18)21/h2,4,6,8,10-12H,3,5,7,9H2,1H3,(H,24,26). The van der Waals surface area contributed by atoms with Gasteiger partial charge in [0.15, 0.2) is 11.5 Å². The Morgan fingerprint density at radius 2 is 1.89 bits per heavy atom. The van der Waals surface area contributed by atoms with Crippen LogP contribution in [0, 0.1) is 6.92 Å². The minimum Gasteiger partial charge on any atom is -0.441 e. The Balaban J connectivity index is 1.60. The van der Waals surface area contributed by atoms with Gasteiger partial charge in [0, 0.05) is 23.7 Å². The fraction of sp³-hybridized carbons (Fsp3) is 0.227. The van der Waals surface area contributed by atoms with Crippen LogP contribution in [0.4, 0.5) is 5.69 Å². The van der Waals surface area contributed by atoms with Crippen molar-refractivity contribution in [2.24, 2.45) is 0 Å². The molecule has 134 valence electrons. The number of fused-ring (bicyclic) bond motifs is 3. The molecule has 0 radical (unpaired) electrons. The maximum absolute atomic E-state index is 13.3. The summed E-state index contributed by atoms with van der Waals surface area (Å²) in [5, 5.41) is 3.96. The topological polar surface area (TPSA) is 68.0 Å². The molecular weight excluding hydrogens is 338 g/mol. The molecule has 2 aromatic carbocycles. The normalized spacial score (nSPS) is 13.7. The summed E-state index contributed by atoms with van der Waals surface area (Å²) in [6.45, 7) is 1.81. The van der Waals surface area contributed by atoms with Crippen molar-refractivity contribution in [1.29, 1.82) is 0 Å². The first-order chi connectivity index (χ1) is 13.2. The monoisotopic (exact) mass is 357 g/mol. The van der Waals surface area contributed by atoms with Crippen LogP contribution in [-0.2, 0) is 12.8 Å². The zero-order chi connectivity index (χ0) is 18.4. The summed E-state index contributed by atoms with van der Waals surface area (Å²) in [5.74, 6) is 0.522. The van der Waals surface area contributed by atoms with E-state index in [1.165, 1.54) is 0 Å². The Morgan fingerprint density at radius 3 is 2.81 bits per heavy atom. The summed E-state index contributed by atoms with van der Waals surface area (Å²) < 4.78 is 5.51. The number of nitrogens with zero attached hydrogens (tertiary/aromatic N) is 2. The van der Waals surface area contributed by atoms with Gasteiger partial charge in [0.1, 0.15) is 5.52 Å². The summed E-state index contributed by atoms with van der Waals surface area (Å²) in [7, 11) is 0. The van der Waals surface area contributed by atoms with Gasteiger partial charge in [-0.15, -0.1) is 0 Å². The number of benzene rings is 2. The van der Waals surface area contributed by atoms with E-state index in [9.17, 15) is 4.79 Å². The van der Waals surface area contributed by atoms with E-state index in [1.807, 2.05) is 49.4 Å². The maximum atomic E-state index is 13.3. The molecule has 1 amide bonds. The molecule has 2 aromatic heterocycles. The summed E-state index contributed by atoms with van der Waals surface area (Å²) >= 11 is 0. The third-order valence-electron chi connectivity index (χ3n) is 5.15. The number of hydrogen-bond donors (Lipinski definition) is 1. The van der Waals surface area contributed by atoms with Gasteiger partial charge in [-0.05, 0) is 55.5 Å². The average molecular weight is 357 g/mol. The molecule has 1 aliphatic rings. The van der Waals surface area contributed by atoms with Gasteiger partial charge >= 0.3 is 0 Å². The van der Waals surface area contributed by atoms with Crippen LogP contribution < -0.4 is 5.32 Å². The summed E-state index contributed by atoms with van der Waals surface area (Å²) in [5.41, 5.74) is 5.97. The minimum absolute atomic E-state index is 0.0914. The fourth-order valence-corrected chi connectivity index (χ4v) is 3.95. The molecule has 0 unspecified atom stereocenters. The van der Waals surface area contributed by atoms with E-state index in [0.29, 0.717) is 11.6 Å². The Kier molecular flexibility index (Phi) is 3.67. The molecule has 1 aliphatic carbocycles. The van der Waals surface area contributed by atoms with E-state index in [-0.39, 0.29) is 5.91 Å². The molecule has 5 rings (SSSR count). The van der Waals surface area contributed by atoms with Crippen LogP contribution in [0.2, 0.25) is 0 Å². The van der Waals surface area contributed by atoms with Gasteiger partial charge in [0.25, 0.3) is 5.91 Å². The molecule has 27 heavy (non-hydrogen) atoms. The van der Waals surface area contributed by atoms with Gasteiger partial charge < -0.3 is 9.73 Å². The molecule has 0 bridgehead atoms. The quantitative estimate of drug-likeness (QED) is 0.559. The Hall–Kier alpha value is -3.21. The number of rotatable bonds is 2. The molecule has 4 aromatic rings. The second-order valence-electron chi connectivity index (χ2n) is 7.01. The summed E-state index contributed by atoms with van der Waals surface area (Å²) in [6, 6.07) is 13.4. The van der Waals surface area contributed by atoms with Crippen LogP contribution in [0.25, 0.3) is 22.0 Å². The molecule has 0 spiro atoms. The predicted octanol–water partition coefficient (Wildman–Crippen LogP) is 4.82. The molecule has 0 atom stereocenters. The van der Waals surface area contributed by atoms with Gasteiger partial charge in [-0.1, -0.05) is 18.2 Å². The van der Waals surface area contributed by atoms with Crippen molar-refractivity contribution in [1.82, 2.24) is 9.97 Å². The number of aromatic nitrogens is 2. The lowest BCUT2D eigenvalue weighted by Crippen LogP contribution is -2.19. The Labute approximate surface area is 156 Å². The van der Waals surface area contributed by atoms with Gasteiger partial charge in [-0.2, -0.15) is 0 Å². The highest BCUT2D eigenvalue weighted by Crippen LogP contribution is 2.30. The number of nitrogens with one attached hydrogen (secondary N) is 1. The first-order valence-electron chi connectivity index (χ1n) is 9.28. The zero-order valence-electron chi connectivity index (χ0n) is 15.1. The van der Waals surface area contributed by atoms with Crippen molar-refractivity contribution in [3.05, 3.63) is 65.2 Å². The van der Waals surface area contributed by atoms with E-state index in [4.69, 9.17) is 9.40 Å². The number of para-hydroxylation sites is 1. The van der Waals surface area contributed by atoms with Crippen LogP contribution in [0.1, 0.15) is 40.3 Å². The molecule has 0 saturated heterocycles. The number of carbonyl (C=O) groups excluding carboxylic acids is 1. The van der Waals surface area contributed by atoms with Gasteiger partial charge in [0.05, 0.1) is 11.1 Å². The van der Waals surface area contributed by atoms with E-state index in [1.54, 1.807) is 0 Å². The zero-order valence-corrected chi connectivity index (χ0v) is 15.1. The van der Waals surface area contributed by atoms with Crippen molar-refractivity contribution in [3.8, 4) is 0 Å². The Bertz CT molecular complexity index is 1190. The van der Waals surface area contributed by atoms with Gasteiger partial charge in [-0.3, -0.25) is 9.78 Å². The molecule has 5 nitrogen and oxygen atoms in total. The highest BCUT2D eigenvalue weighted by molar-refractivity contribution is 6.14. The third-order valence-corrected chi connectivity index (χ3v) is 5.15. The van der Waals surface area contributed by atoms with Crippen molar-refractivity contribution in [2.75, 3.05) is 5.32 Å². The minimum atomic E-state index is -0.0914. The molecule has 2 heterocycles. The highest BCUT2D eigenvalue weighted by Gasteiger charge is 2.22. The van der Waals surface area contributed by atoms with E-state index in [2.05, 4.69) is 10.3 Å². The molecule has 1 N–H and O–H groups in total. The maximum Gasteiger partial charge on any atom is 0.256 e. The van der Waals surface area contributed by atoms with E-state index < -0.39 is 0 Å². The fourth-order valence-electron chi connectivity index (χ4n) is 3.95. The van der Waals surface area contributed by atoms with Crippen LogP contribution in [0.5, 0.6) is 0 Å². The lowest BCUT2D eigenvalue weighted by atomic mass is 9.89. The molecule has 5 heteroatoms. The molecule has 0 aliphatic heterocycles. The number of amides is 1. The number of oxazole rings is 1. The van der Waals surface area contributed by atoms with Gasteiger partial charge in [-0.25, -0.2) is 4.98 Å². The number of pyridine rings is 1. The van der Waals surface area contributed by atoms with Crippen molar-refractivity contribution < 1.29 is 9.21 Å². The number of aryl methyl sites for hydroxylation is 2. The molecule has 0 fully saturated rings. The SMILES string of the molecule is Cc1nc2cc(NC(=O)c3c4c(nc5ccccc35)CCCC4)ccc2o1. The second-order valence-corrected chi connectivity index (χ2v) is 7.01. The lowest BCUT2D eigenvalue weighted by molar-refractivity contribution is 0.102. The first-order valence-corrected chi connectivity index (χ1v) is 9.28. The predicted molar refractivity (Wildman–Crippen MR) is 105 cm³/mol. The van der Waals surface area contributed by atoms with Crippen molar-refractivity contribution >= 4 is 33.6 Å². The van der Waals surface area contributed by atoms with Crippen molar-refractivity contribution in [3.63, 3.8) is 0 Å². The lowest BCUT2D eigenvalue weighted by Gasteiger charge is -2.20. The summed E-state index contributed by atoms with van der Waals surface area (Å²) in [4.78, 5) is 22.4. The summed E-state index contributed by atoms with van der Waals surface area (Å²) in [6.07, 6.45) is 4.06. The smallest absolute Gasteiger partial charge is 0.256 e. The highest BCUT2D eigenvalue weighted by atomic mass is 16.3. The van der Waals surface area contributed by atoms with E-state index >= 15 is 0 Å². The number of hydrogen-bond acceptors (Lipinski definition) is 4. The third kappa shape index (κ3) is 2.76. The van der Waals surface area contributed by atoms with Crippen LogP contribution in [0.15, 0.2) is 46.9 Å². The molecular formula is C22H19N3O2. The molecule has 0 saturated carbocycles. The first kappa shape index (κ1) is 16.0. The van der Waals surface area contributed by atoms with Crippen LogP contribution in [0.3, 0.4) is 0 Å².